The predicted octanol–water partition coefficient (Wildman–Crippen LogP) is 2.06. The van der Waals surface area contributed by atoms with Crippen LogP contribution in [0.1, 0.15) is 11.1 Å². The van der Waals surface area contributed by atoms with Crippen molar-refractivity contribution in [3.63, 3.8) is 0 Å². The van der Waals surface area contributed by atoms with Crippen LogP contribution in [-0.2, 0) is 11.4 Å². The molecule has 0 aliphatic heterocycles. The van der Waals surface area contributed by atoms with Crippen molar-refractivity contribution in [3.05, 3.63) is 22.2 Å². The Morgan fingerprint density at radius 2 is 2.00 bits per heavy atom. The fourth-order valence-corrected chi connectivity index (χ4v) is 1.73. The summed E-state index contributed by atoms with van der Waals surface area (Å²) in [4.78, 5) is 4.58. The molecule has 2 N–H and O–H groups in total. The Balaban J connectivity index is 3.31. The van der Waals surface area contributed by atoms with Crippen LogP contribution in [0.5, 0.6) is 11.5 Å². The molecule has 1 aromatic rings. The zero-order valence-electron chi connectivity index (χ0n) is 8.96. The summed E-state index contributed by atoms with van der Waals surface area (Å²) in [6.07, 6.45) is 0. The van der Waals surface area contributed by atoms with Gasteiger partial charge in [0.05, 0.1) is 25.8 Å². The van der Waals surface area contributed by atoms with E-state index < -0.39 is 0 Å². The summed E-state index contributed by atoms with van der Waals surface area (Å²) in [7, 11) is 3.14. The van der Waals surface area contributed by atoms with E-state index in [1.165, 1.54) is 0 Å². The molecule has 0 aromatic heterocycles. The van der Waals surface area contributed by atoms with Crippen molar-refractivity contribution in [2.45, 2.75) is 13.5 Å². The van der Waals surface area contributed by atoms with E-state index in [1.54, 1.807) is 20.3 Å². The first-order chi connectivity index (χ1) is 7.15. The van der Waals surface area contributed by atoms with E-state index in [4.69, 9.17) is 27.0 Å². The number of benzene rings is 1. The fraction of sp³-hybridized carbons (Fsp3) is 0.400. The van der Waals surface area contributed by atoms with Crippen LogP contribution in [0.3, 0.4) is 0 Å². The first-order valence-corrected chi connectivity index (χ1v) is 4.75. The average molecular weight is 232 g/mol. The van der Waals surface area contributed by atoms with Gasteiger partial charge in [0, 0.05) is 17.2 Å². The number of ether oxygens (including phenoxy) is 2. The lowest BCUT2D eigenvalue weighted by atomic mass is 10.1. The molecule has 1 rings (SSSR count). The molecule has 0 saturated heterocycles. The van der Waals surface area contributed by atoms with Crippen LogP contribution >= 0.6 is 11.6 Å². The summed E-state index contributed by atoms with van der Waals surface area (Å²) in [6.45, 7) is 2.12. The van der Waals surface area contributed by atoms with Crippen molar-refractivity contribution in [2.24, 2.45) is 5.90 Å². The van der Waals surface area contributed by atoms with Crippen molar-refractivity contribution in [3.8, 4) is 11.5 Å². The van der Waals surface area contributed by atoms with Crippen LogP contribution in [0.2, 0.25) is 5.02 Å². The number of halogens is 1. The number of hydrogen-bond donors (Lipinski definition) is 1. The van der Waals surface area contributed by atoms with Crippen molar-refractivity contribution in [1.82, 2.24) is 0 Å². The van der Waals surface area contributed by atoms with E-state index in [0.29, 0.717) is 16.5 Å². The standard InChI is InChI=1S/C10H14ClNO3/c1-6-7(5-15-12)8(11)4-9(13-2)10(6)14-3/h4H,5,12H2,1-3H3. The lowest BCUT2D eigenvalue weighted by molar-refractivity contribution is 0.123. The van der Waals surface area contributed by atoms with Gasteiger partial charge in [-0.1, -0.05) is 11.6 Å². The summed E-state index contributed by atoms with van der Waals surface area (Å²) in [6, 6.07) is 1.68. The second kappa shape index (κ2) is 5.21. The smallest absolute Gasteiger partial charge is 0.164 e. The van der Waals surface area contributed by atoms with E-state index in [2.05, 4.69) is 4.84 Å². The molecule has 84 valence electrons. The minimum Gasteiger partial charge on any atom is -0.493 e. The number of rotatable bonds is 4. The Bertz CT molecular complexity index is 355. The third-order valence-electron chi connectivity index (χ3n) is 2.21. The van der Waals surface area contributed by atoms with Gasteiger partial charge >= 0.3 is 0 Å². The average Bonchev–Trinajstić information content (AvgIpc) is 2.23. The van der Waals surface area contributed by atoms with Gasteiger partial charge in [-0.05, 0) is 6.92 Å². The summed E-state index contributed by atoms with van der Waals surface area (Å²) < 4.78 is 10.4. The van der Waals surface area contributed by atoms with Gasteiger partial charge in [0.1, 0.15) is 0 Å². The highest BCUT2D eigenvalue weighted by Crippen LogP contribution is 2.37. The zero-order valence-corrected chi connectivity index (χ0v) is 9.72. The molecule has 4 nitrogen and oxygen atoms in total. The summed E-state index contributed by atoms with van der Waals surface area (Å²) in [5.74, 6) is 6.27. The second-order valence-electron chi connectivity index (χ2n) is 3.01. The normalized spacial score (nSPS) is 10.2. The van der Waals surface area contributed by atoms with E-state index >= 15 is 0 Å². The maximum atomic E-state index is 6.05. The Hall–Kier alpha value is -0.970. The largest absolute Gasteiger partial charge is 0.493 e. The highest BCUT2D eigenvalue weighted by molar-refractivity contribution is 6.31. The molecule has 1 aromatic carbocycles. The van der Waals surface area contributed by atoms with E-state index in [9.17, 15) is 0 Å². The maximum Gasteiger partial charge on any atom is 0.164 e. The monoisotopic (exact) mass is 231 g/mol. The van der Waals surface area contributed by atoms with Crippen molar-refractivity contribution >= 4 is 11.6 Å². The van der Waals surface area contributed by atoms with Crippen LogP contribution in [0, 0.1) is 6.92 Å². The summed E-state index contributed by atoms with van der Waals surface area (Å²) in [5.41, 5.74) is 1.67. The molecule has 0 saturated carbocycles. The third kappa shape index (κ3) is 2.34. The van der Waals surface area contributed by atoms with Gasteiger partial charge in [-0.25, -0.2) is 5.90 Å². The van der Waals surface area contributed by atoms with Gasteiger partial charge < -0.3 is 9.47 Å². The van der Waals surface area contributed by atoms with E-state index in [1.807, 2.05) is 6.92 Å². The molecule has 0 unspecified atom stereocenters. The van der Waals surface area contributed by atoms with Crippen molar-refractivity contribution < 1.29 is 14.3 Å². The molecule has 0 aliphatic carbocycles. The molecule has 0 radical (unpaired) electrons. The van der Waals surface area contributed by atoms with Crippen molar-refractivity contribution in [2.75, 3.05) is 14.2 Å². The van der Waals surface area contributed by atoms with Gasteiger partial charge in [0.15, 0.2) is 11.5 Å². The van der Waals surface area contributed by atoms with Crippen LogP contribution in [0.25, 0.3) is 0 Å². The Morgan fingerprint density at radius 3 is 2.47 bits per heavy atom. The lowest BCUT2D eigenvalue weighted by Crippen LogP contribution is -2.04. The Morgan fingerprint density at radius 1 is 1.33 bits per heavy atom. The van der Waals surface area contributed by atoms with Crippen LogP contribution in [0.4, 0.5) is 0 Å². The minimum atomic E-state index is 0.241. The van der Waals surface area contributed by atoms with Gasteiger partial charge in [-0.15, -0.1) is 0 Å². The van der Waals surface area contributed by atoms with Gasteiger partial charge in [-0.3, -0.25) is 4.84 Å². The summed E-state index contributed by atoms with van der Waals surface area (Å²) >= 11 is 6.05. The lowest BCUT2D eigenvalue weighted by Gasteiger charge is -2.15. The molecule has 0 aliphatic rings. The molecular formula is C10H14ClNO3. The van der Waals surface area contributed by atoms with Crippen LogP contribution < -0.4 is 15.4 Å². The number of methoxy groups -OCH3 is 2. The van der Waals surface area contributed by atoms with E-state index in [0.717, 1.165) is 11.1 Å². The highest BCUT2D eigenvalue weighted by Gasteiger charge is 2.15. The topological polar surface area (TPSA) is 53.7 Å². The number of nitrogens with two attached hydrogens (primary N) is 1. The van der Waals surface area contributed by atoms with Crippen molar-refractivity contribution in [1.29, 1.82) is 0 Å². The minimum absolute atomic E-state index is 0.241. The molecule has 5 heteroatoms. The fourth-order valence-electron chi connectivity index (χ4n) is 1.43. The molecule has 15 heavy (non-hydrogen) atoms. The van der Waals surface area contributed by atoms with Crippen LogP contribution in [-0.4, -0.2) is 14.2 Å². The Labute approximate surface area is 93.8 Å². The predicted molar refractivity (Wildman–Crippen MR) is 58.3 cm³/mol. The zero-order chi connectivity index (χ0) is 11.4. The first kappa shape index (κ1) is 12.1. The molecule has 0 bridgehead atoms. The number of hydrogen-bond acceptors (Lipinski definition) is 4. The SMILES string of the molecule is COc1cc(Cl)c(CON)c(C)c1OC. The molecule has 0 fully saturated rings. The second-order valence-corrected chi connectivity index (χ2v) is 3.42. The molecule has 0 spiro atoms. The van der Waals surface area contributed by atoms with Gasteiger partial charge in [-0.2, -0.15) is 0 Å². The quantitative estimate of drug-likeness (QED) is 0.806. The third-order valence-corrected chi connectivity index (χ3v) is 2.55. The van der Waals surface area contributed by atoms with E-state index in [-0.39, 0.29) is 6.61 Å². The summed E-state index contributed by atoms with van der Waals surface area (Å²) in [5, 5.41) is 0.551. The molecule has 0 heterocycles. The van der Waals surface area contributed by atoms with Crippen LogP contribution in [0.15, 0.2) is 6.07 Å². The Kier molecular flexibility index (Phi) is 4.20. The van der Waals surface area contributed by atoms with Gasteiger partial charge in [0.25, 0.3) is 0 Å². The highest BCUT2D eigenvalue weighted by atomic mass is 35.5. The maximum absolute atomic E-state index is 6.05. The molecule has 0 atom stereocenters. The molecular weight excluding hydrogens is 218 g/mol. The first-order valence-electron chi connectivity index (χ1n) is 4.37. The molecule has 0 amide bonds. The van der Waals surface area contributed by atoms with Gasteiger partial charge in [0.2, 0.25) is 0 Å².